The van der Waals surface area contributed by atoms with Crippen LogP contribution in [0, 0.1) is 0 Å². The molecule has 0 bridgehead atoms. The first-order chi connectivity index (χ1) is 6.74. The molecule has 1 rings (SSSR count). The zero-order valence-corrected chi connectivity index (χ0v) is 8.87. The first kappa shape index (κ1) is 11.5. The lowest BCUT2D eigenvalue weighted by atomic mass is 10.1. The van der Waals surface area contributed by atoms with Crippen molar-refractivity contribution in [1.29, 1.82) is 0 Å². The van der Waals surface area contributed by atoms with Crippen LogP contribution in [0.4, 0.5) is 0 Å². The fraction of sp³-hybridized carbons (Fsp3) is 0.900. The van der Waals surface area contributed by atoms with Crippen LogP contribution in [0.25, 0.3) is 0 Å². The molecule has 1 amide bonds. The van der Waals surface area contributed by atoms with Gasteiger partial charge in [-0.2, -0.15) is 0 Å². The van der Waals surface area contributed by atoms with Crippen LogP contribution in [0.15, 0.2) is 0 Å². The van der Waals surface area contributed by atoms with Gasteiger partial charge in [0, 0.05) is 33.2 Å². The summed E-state index contributed by atoms with van der Waals surface area (Å²) in [5.74, 6) is 0.113. The summed E-state index contributed by atoms with van der Waals surface area (Å²) in [6, 6.07) is 0. The van der Waals surface area contributed by atoms with Gasteiger partial charge in [0.05, 0.1) is 6.10 Å². The highest BCUT2D eigenvalue weighted by molar-refractivity contribution is 5.76. The Morgan fingerprint density at radius 3 is 2.93 bits per heavy atom. The van der Waals surface area contributed by atoms with E-state index >= 15 is 0 Å². The maximum atomic E-state index is 11.4. The van der Waals surface area contributed by atoms with Gasteiger partial charge >= 0.3 is 0 Å². The van der Waals surface area contributed by atoms with Gasteiger partial charge in [0.1, 0.15) is 0 Å². The van der Waals surface area contributed by atoms with Crippen molar-refractivity contribution in [2.75, 3.05) is 26.7 Å². The topological polar surface area (TPSA) is 55.6 Å². The van der Waals surface area contributed by atoms with Crippen LogP contribution in [-0.4, -0.2) is 43.7 Å². The highest BCUT2D eigenvalue weighted by Gasteiger charge is 2.17. The summed E-state index contributed by atoms with van der Waals surface area (Å²) in [5.41, 5.74) is 5.32. The maximum Gasteiger partial charge on any atom is 0.223 e. The van der Waals surface area contributed by atoms with Crippen LogP contribution in [0.3, 0.4) is 0 Å². The number of amides is 1. The molecule has 1 aliphatic heterocycles. The molecule has 1 atom stereocenters. The molecule has 1 unspecified atom stereocenters. The summed E-state index contributed by atoms with van der Waals surface area (Å²) in [6.45, 7) is 1.97. The molecular formula is C10H20N2O2. The molecule has 1 heterocycles. The Morgan fingerprint density at radius 1 is 1.57 bits per heavy atom. The Balaban J connectivity index is 2.24. The molecule has 0 spiro atoms. The molecule has 2 N–H and O–H groups in total. The third-order valence-corrected chi connectivity index (χ3v) is 2.54. The summed E-state index contributed by atoms with van der Waals surface area (Å²) >= 11 is 0. The third kappa shape index (κ3) is 3.64. The van der Waals surface area contributed by atoms with Crippen molar-refractivity contribution in [3.05, 3.63) is 0 Å². The molecule has 0 aromatic rings. The second-order valence-corrected chi connectivity index (χ2v) is 3.80. The first-order valence-electron chi connectivity index (χ1n) is 5.29. The number of carbonyl (C=O) groups is 1. The van der Waals surface area contributed by atoms with Crippen molar-refractivity contribution >= 4 is 5.91 Å². The van der Waals surface area contributed by atoms with Gasteiger partial charge in [0.15, 0.2) is 0 Å². The van der Waals surface area contributed by atoms with Crippen molar-refractivity contribution < 1.29 is 9.53 Å². The van der Waals surface area contributed by atoms with Crippen LogP contribution in [0.2, 0.25) is 0 Å². The summed E-state index contributed by atoms with van der Waals surface area (Å²) in [7, 11) is 1.82. The zero-order chi connectivity index (χ0) is 10.4. The summed E-state index contributed by atoms with van der Waals surface area (Å²) < 4.78 is 5.55. The summed E-state index contributed by atoms with van der Waals surface area (Å²) in [6.07, 6.45) is 4.10. The molecule has 0 aromatic carbocycles. The number of hydrogen-bond donors (Lipinski definition) is 1. The molecule has 1 aliphatic rings. The lowest BCUT2D eigenvalue weighted by Gasteiger charge is -2.27. The molecular weight excluding hydrogens is 180 g/mol. The molecule has 14 heavy (non-hydrogen) atoms. The smallest absolute Gasteiger partial charge is 0.223 e. The third-order valence-electron chi connectivity index (χ3n) is 2.54. The summed E-state index contributed by atoms with van der Waals surface area (Å²) in [4.78, 5) is 13.1. The van der Waals surface area contributed by atoms with Crippen LogP contribution in [0.1, 0.15) is 25.7 Å². The molecule has 4 nitrogen and oxygen atoms in total. The van der Waals surface area contributed by atoms with Crippen LogP contribution in [-0.2, 0) is 9.53 Å². The molecule has 82 valence electrons. The minimum absolute atomic E-state index is 0.113. The molecule has 4 heteroatoms. The first-order valence-corrected chi connectivity index (χ1v) is 5.29. The highest BCUT2D eigenvalue weighted by atomic mass is 16.5. The number of carbonyl (C=O) groups excluding carboxylic acids is 1. The predicted octanol–water partition coefficient (Wildman–Crippen LogP) is 0.363. The number of ether oxygens (including phenoxy) is 1. The fourth-order valence-electron chi connectivity index (χ4n) is 1.67. The fourth-order valence-corrected chi connectivity index (χ4v) is 1.67. The zero-order valence-electron chi connectivity index (χ0n) is 8.87. The summed E-state index contributed by atoms with van der Waals surface area (Å²) in [5, 5.41) is 0. The average molecular weight is 200 g/mol. The van der Waals surface area contributed by atoms with Gasteiger partial charge in [0.2, 0.25) is 5.91 Å². The van der Waals surface area contributed by atoms with E-state index in [9.17, 15) is 4.79 Å². The quantitative estimate of drug-likeness (QED) is 0.713. The number of nitrogens with zero attached hydrogens (tertiary/aromatic N) is 1. The van der Waals surface area contributed by atoms with E-state index in [0.29, 0.717) is 19.5 Å². The van der Waals surface area contributed by atoms with Crippen LogP contribution in [0.5, 0.6) is 0 Å². The van der Waals surface area contributed by atoms with Gasteiger partial charge in [-0.3, -0.25) is 4.79 Å². The van der Waals surface area contributed by atoms with Gasteiger partial charge in [-0.05, 0) is 19.3 Å². The van der Waals surface area contributed by atoms with Gasteiger partial charge in [0.25, 0.3) is 0 Å². The van der Waals surface area contributed by atoms with E-state index in [1.807, 2.05) is 7.05 Å². The van der Waals surface area contributed by atoms with E-state index in [2.05, 4.69) is 0 Å². The van der Waals surface area contributed by atoms with E-state index < -0.39 is 0 Å². The Morgan fingerprint density at radius 2 is 2.36 bits per heavy atom. The number of hydrogen-bond acceptors (Lipinski definition) is 3. The standard InChI is InChI=1S/C10H20N2O2/c1-12(10(13)5-6-11)8-9-4-2-3-7-14-9/h9H,2-8,11H2,1H3. The van der Waals surface area contributed by atoms with Crippen molar-refractivity contribution in [3.63, 3.8) is 0 Å². The lowest BCUT2D eigenvalue weighted by Crippen LogP contribution is -2.37. The van der Waals surface area contributed by atoms with Crippen LogP contribution < -0.4 is 5.73 Å². The van der Waals surface area contributed by atoms with Crippen molar-refractivity contribution in [1.82, 2.24) is 4.90 Å². The van der Waals surface area contributed by atoms with E-state index in [1.165, 1.54) is 6.42 Å². The predicted molar refractivity (Wildman–Crippen MR) is 54.9 cm³/mol. The molecule has 0 saturated carbocycles. The maximum absolute atomic E-state index is 11.4. The second kappa shape index (κ2) is 5.98. The average Bonchev–Trinajstić information content (AvgIpc) is 2.19. The van der Waals surface area contributed by atoms with Gasteiger partial charge < -0.3 is 15.4 Å². The Bertz CT molecular complexity index is 179. The Labute approximate surface area is 85.4 Å². The molecule has 1 saturated heterocycles. The molecule has 0 aliphatic carbocycles. The number of rotatable bonds is 4. The SMILES string of the molecule is CN(CC1CCCCO1)C(=O)CCN. The minimum atomic E-state index is 0.113. The largest absolute Gasteiger partial charge is 0.376 e. The van der Waals surface area contributed by atoms with E-state index in [1.54, 1.807) is 4.90 Å². The second-order valence-electron chi connectivity index (χ2n) is 3.80. The molecule has 0 aromatic heterocycles. The van der Waals surface area contributed by atoms with Gasteiger partial charge in [-0.15, -0.1) is 0 Å². The van der Waals surface area contributed by atoms with E-state index in [-0.39, 0.29) is 12.0 Å². The van der Waals surface area contributed by atoms with Crippen molar-refractivity contribution in [2.45, 2.75) is 31.8 Å². The van der Waals surface area contributed by atoms with Gasteiger partial charge in [-0.25, -0.2) is 0 Å². The monoisotopic (exact) mass is 200 g/mol. The molecule has 0 radical (unpaired) electrons. The normalized spacial score (nSPS) is 22.0. The number of likely N-dealkylation sites (N-methyl/N-ethyl adjacent to an activating group) is 1. The highest BCUT2D eigenvalue weighted by Crippen LogP contribution is 2.13. The minimum Gasteiger partial charge on any atom is -0.376 e. The van der Waals surface area contributed by atoms with Crippen molar-refractivity contribution in [2.24, 2.45) is 5.73 Å². The Kier molecular flexibility index (Phi) is 4.90. The van der Waals surface area contributed by atoms with Crippen molar-refractivity contribution in [3.8, 4) is 0 Å². The lowest BCUT2D eigenvalue weighted by molar-refractivity contribution is -0.132. The number of nitrogens with two attached hydrogens (primary N) is 1. The van der Waals surface area contributed by atoms with Crippen LogP contribution >= 0.6 is 0 Å². The van der Waals surface area contributed by atoms with E-state index in [4.69, 9.17) is 10.5 Å². The molecule has 1 fully saturated rings. The van der Waals surface area contributed by atoms with E-state index in [0.717, 1.165) is 19.4 Å². The Hall–Kier alpha value is -0.610. The van der Waals surface area contributed by atoms with Gasteiger partial charge in [-0.1, -0.05) is 0 Å².